The number of carbonyl (C=O) groups is 1. The first kappa shape index (κ1) is 18.2. The molecule has 2 N–H and O–H groups in total. The Morgan fingerprint density at radius 3 is 2.21 bits per heavy atom. The van der Waals surface area contributed by atoms with Gasteiger partial charge >= 0.3 is 0 Å². The van der Waals surface area contributed by atoms with E-state index in [4.69, 9.17) is 5.73 Å². The van der Waals surface area contributed by atoms with Crippen LogP contribution in [0.2, 0.25) is 0 Å². The quantitative estimate of drug-likeness (QED) is 0.811. The van der Waals surface area contributed by atoms with Crippen molar-refractivity contribution in [2.45, 2.75) is 23.1 Å². The zero-order valence-electron chi connectivity index (χ0n) is 13.1. The Labute approximate surface area is 141 Å². The van der Waals surface area contributed by atoms with Crippen LogP contribution >= 0.6 is 0 Å². The van der Waals surface area contributed by atoms with E-state index in [1.165, 1.54) is 24.6 Å². The fourth-order valence-corrected chi connectivity index (χ4v) is 4.09. The lowest BCUT2D eigenvalue weighted by atomic mass is 10.2. The molecule has 2 rings (SSSR count). The average Bonchev–Trinajstić information content (AvgIpc) is 2.90. The number of rotatable bonds is 6. The number of aromatic nitrogens is 1. The zero-order valence-corrected chi connectivity index (χ0v) is 14.8. The molecule has 0 aliphatic carbocycles. The molecule has 0 fully saturated rings. The fraction of sp³-hybridized carbons (Fsp3) is 0.200. The van der Waals surface area contributed by atoms with Gasteiger partial charge in [-0.1, -0.05) is 17.7 Å². The first-order valence-electron chi connectivity index (χ1n) is 6.88. The third-order valence-electron chi connectivity index (χ3n) is 3.31. The summed E-state index contributed by atoms with van der Waals surface area (Å²) in [7, 11) is -7.62. The number of hydrogen-bond acceptors (Lipinski definition) is 5. The number of carbonyl (C=O) groups excluding carboxylic acids is 1. The van der Waals surface area contributed by atoms with Crippen LogP contribution in [-0.4, -0.2) is 33.0 Å². The van der Waals surface area contributed by atoms with Crippen molar-refractivity contribution < 1.29 is 21.6 Å². The minimum atomic E-state index is -4.00. The van der Waals surface area contributed by atoms with Crippen molar-refractivity contribution in [1.82, 2.24) is 3.97 Å². The number of nitrogens with two attached hydrogens (primary N) is 1. The maximum absolute atomic E-state index is 12.8. The Kier molecular flexibility index (Phi) is 4.86. The number of nitrogens with zero attached hydrogens (tertiary/aromatic N) is 1. The van der Waals surface area contributed by atoms with Crippen LogP contribution in [-0.2, 0) is 24.7 Å². The van der Waals surface area contributed by atoms with Gasteiger partial charge in [0, 0.05) is 31.0 Å². The van der Waals surface area contributed by atoms with Gasteiger partial charge < -0.3 is 5.73 Å². The normalized spacial score (nSPS) is 12.2. The van der Waals surface area contributed by atoms with Crippen LogP contribution in [0.15, 0.2) is 46.3 Å². The highest BCUT2D eigenvalue weighted by Gasteiger charge is 2.23. The summed E-state index contributed by atoms with van der Waals surface area (Å²) >= 11 is 0. The minimum Gasteiger partial charge on any atom is -0.370 e. The lowest BCUT2D eigenvalue weighted by Gasteiger charge is -2.10. The van der Waals surface area contributed by atoms with Crippen LogP contribution in [0.1, 0.15) is 17.7 Å². The summed E-state index contributed by atoms with van der Waals surface area (Å²) in [4.78, 5) is 10.8. The van der Waals surface area contributed by atoms with Crippen LogP contribution in [0.4, 0.5) is 0 Å². The van der Waals surface area contributed by atoms with Gasteiger partial charge in [-0.15, -0.1) is 0 Å². The van der Waals surface area contributed by atoms with E-state index in [0.717, 1.165) is 22.0 Å². The van der Waals surface area contributed by atoms with E-state index in [2.05, 4.69) is 0 Å². The molecule has 0 bridgehead atoms. The molecular weight excluding hydrogens is 352 g/mol. The van der Waals surface area contributed by atoms with Gasteiger partial charge in [0.15, 0.2) is 9.84 Å². The van der Waals surface area contributed by atoms with Crippen molar-refractivity contribution in [3.8, 4) is 0 Å². The van der Waals surface area contributed by atoms with Gasteiger partial charge in [-0.25, -0.2) is 20.8 Å². The molecule has 1 aromatic carbocycles. The molecule has 1 amide bonds. The largest absolute Gasteiger partial charge is 0.370 e. The molecule has 0 aliphatic rings. The number of primary amides is 1. The van der Waals surface area contributed by atoms with Gasteiger partial charge in [0.2, 0.25) is 5.91 Å². The summed E-state index contributed by atoms with van der Waals surface area (Å²) in [5.74, 6) is -0.656. The number of hydrogen-bond donors (Lipinski definition) is 1. The van der Waals surface area contributed by atoms with Crippen molar-refractivity contribution in [2.75, 3.05) is 6.26 Å². The zero-order chi connectivity index (χ0) is 18.1. The number of sulfone groups is 1. The van der Waals surface area contributed by atoms with E-state index in [-0.39, 0.29) is 21.9 Å². The van der Waals surface area contributed by atoms with Gasteiger partial charge in [-0.3, -0.25) is 4.79 Å². The lowest BCUT2D eigenvalue weighted by Crippen LogP contribution is -2.16. The van der Waals surface area contributed by atoms with Gasteiger partial charge in [0.1, 0.15) is 0 Å². The summed E-state index contributed by atoms with van der Waals surface area (Å²) in [5.41, 5.74) is 6.03. The number of aryl methyl sites for hydroxylation is 1. The number of benzene rings is 1. The molecule has 24 heavy (non-hydrogen) atoms. The Morgan fingerprint density at radius 2 is 1.71 bits per heavy atom. The first-order chi connectivity index (χ1) is 11.0. The minimum absolute atomic E-state index is 0.0116. The molecule has 1 radical (unpaired) electrons. The fourth-order valence-electron chi connectivity index (χ4n) is 2.03. The summed E-state index contributed by atoms with van der Waals surface area (Å²) in [6.07, 6.45) is 3.07. The van der Waals surface area contributed by atoms with E-state index >= 15 is 0 Å². The van der Waals surface area contributed by atoms with Crippen molar-refractivity contribution in [1.29, 1.82) is 0 Å². The molecule has 0 unspecified atom stereocenters. The third-order valence-corrected chi connectivity index (χ3v) is 6.09. The topological polar surface area (TPSA) is 116 Å². The van der Waals surface area contributed by atoms with Crippen LogP contribution in [0, 0.1) is 13.3 Å². The summed E-state index contributed by atoms with van der Waals surface area (Å²) in [6, 6.07) is 7.34. The molecule has 0 spiro atoms. The van der Waals surface area contributed by atoms with Gasteiger partial charge in [0.05, 0.1) is 9.79 Å². The highest BCUT2D eigenvalue weighted by atomic mass is 32.2. The van der Waals surface area contributed by atoms with Gasteiger partial charge in [0.25, 0.3) is 10.0 Å². The van der Waals surface area contributed by atoms with Gasteiger partial charge in [-0.2, -0.15) is 0 Å². The van der Waals surface area contributed by atoms with E-state index in [1.54, 1.807) is 12.1 Å². The number of amides is 1. The highest BCUT2D eigenvalue weighted by Crippen LogP contribution is 2.23. The molecule has 0 saturated carbocycles. The van der Waals surface area contributed by atoms with Crippen molar-refractivity contribution in [2.24, 2.45) is 5.73 Å². The molecule has 1 aromatic heterocycles. The Balaban J connectivity index is 2.60. The monoisotopic (exact) mass is 369 g/mol. The standard InChI is InChI=1S/C15H17N2O5S2/c1-11-3-6-13(7-4-11)24(21,22)17-10-14(23(2,19)20)9-12(17)5-8-15(16)18/h3-7,9-10H,8H2,1-2H3,(H2,16,18). The maximum Gasteiger partial charge on any atom is 0.267 e. The summed E-state index contributed by atoms with van der Waals surface area (Å²) in [5, 5.41) is 0. The highest BCUT2D eigenvalue weighted by molar-refractivity contribution is 7.91. The van der Waals surface area contributed by atoms with E-state index in [9.17, 15) is 21.6 Å². The van der Waals surface area contributed by atoms with Crippen molar-refractivity contribution in [3.05, 3.63) is 54.2 Å². The molecule has 129 valence electrons. The SMILES string of the molecule is Cc1ccc(S(=O)(=O)n2cc(S(C)(=O)=O)cc2[CH]CC(N)=O)cc1. The second kappa shape index (κ2) is 6.40. The molecule has 1 heterocycles. The molecular formula is C15H17N2O5S2. The predicted molar refractivity (Wildman–Crippen MR) is 88.5 cm³/mol. The molecule has 2 aromatic rings. The van der Waals surface area contributed by atoms with Crippen molar-refractivity contribution in [3.63, 3.8) is 0 Å². The molecule has 0 saturated heterocycles. The molecule has 0 atom stereocenters. The van der Waals surface area contributed by atoms with E-state index in [1.807, 2.05) is 6.92 Å². The second-order valence-corrected chi connectivity index (χ2v) is 9.19. The van der Waals surface area contributed by atoms with E-state index < -0.39 is 25.8 Å². The molecule has 7 nitrogen and oxygen atoms in total. The molecule has 9 heteroatoms. The summed E-state index contributed by atoms with van der Waals surface area (Å²) in [6.45, 7) is 1.82. The lowest BCUT2D eigenvalue weighted by molar-refractivity contribution is -0.117. The Morgan fingerprint density at radius 1 is 1.12 bits per heavy atom. The predicted octanol–water partition coefficient (Wildman–Crippen LogP) is 0.865. The second-order valence-electron chi connectivity index (χ2n) is 5.36. The molecule has 0 aliphatic heterocycles. The van der Waals surface area contributed by atoms with Crippen molar-refractivity contribution >= 4 is 25.8 Å². The van der Waals surface area contributed by atoms with Crippen LogP contribution in [0.25, 0.3) is 0 Å². The summed E-state index contributed by atoms with van der Waals surface area (Å²) < 4.78 is 49.9. The van der Waals surface area contributed by atoms with E-state index in [0.29, 0.717) is 0 Å². The first-order valence-corrected chi connectivity index (χ1v) is 10.2. The average molecular weight is 369 g/mol. The smallest absolute Gasteiger partial charge is 0.267 e. The third kappa shape index (κ3) is 3.85. The Bertz CT molecular complexity index is 971. The van der Waals surface area contributed by atoms with Gasteiger partial charge in [-0.05, 0) is 25.1 Å². The van der Waals surface area contributed by atoms with Crippen LogP contribution in [0.3, 0.4) is 0 Å². The Hall–Kier alpha value is -2.13. The van der Waals surface area contributed by atoms with Crippen LogP contribution in [0.5, 0.6) is 0 Å². The van der Waals surface area contributed by atoms with Crippen LogP contribution < -0.4 is 5.73 Å². The maximum atomic E-state index is 12.8.